The molecule has 0 spiro atoms. The summed E-state index contributed by atoms with van der Waals surface area (Å²) in [7, 11) is 0. The van der Waals surface area contributed by atoms with Crippen LogP contribution in [0, 0.1) is 5.92 Å². The average molecular weight is 277 g/mol. The molecule has 1 amide bonds. The first kappa shape index (κ1) is 14.8. The van der Waals surface area contributed by atoms with E-state index in [0.717, 1.165) is 18.8 Å². The smallest absolute Gasteiger partial charge is 0.238 e. The van der Waals surface area contributed by atoms with Gasteiger partial charge in [0.25, 0.3) is 0 Å². The lowest BCUT2D eigenvalue weighted by atomic mass is 10.1. The third-order valence-electron chi connectivity index (χ3n) is 3.57. The molecule has 5 heteroatoms. The second kappa shape index (κ2) is 6.72. The molecule has 0 bridgehead atoms. The molecule has 1 fully saturated rings. The minimum absolute atomic E-state index is 0.0292. The van der Waals surface area contributed by atoms with Crippen LogP contribution in [0.3, 0.4) is 0 Å². The number of rotatable bonds is 5. The second-order valence-corrected chi connectivity index (χ2v) is 5.31. The Morgan fingerprint density at radius 3 is 2.85 bits per heavy atom. The maximum absolute atomic E-state index is 12.1. The van der Waals surface area contributed by atoms with E-state index in [4.69, 9.17) is 10.5 Å². The molecule has 1 heterocycles. The SMILES string of the molecule is CCOc1ccccc1NC(=O)CN1CC(C)C(N)C1. The zero-order chi connectivity index (χ0) is 14.5. The summed E-state index contributed by atoms with van der Waals surface area (Å²) in [6, 6.07) is 7.64. The molecule has 1 aromatic rings. The number of carbonyl (C=O) groups is 1. The molecule has 1 aliphatic rings. The normalized spacial score (nSPS) is 22.8. The van der Waals surface area contributed by atoms with Gasteiger partial charge in [-0.15, -0.1) is 0 Å². The van der Waals surface area contributed by atoms with Crippen molar-refractivity contribution < 1.29 is 9.53 Å². The summed E-state index contributed by atoms with van der Waals surface area (Å²) in [5, 5.41) is 2.91. The molecular formula is C15H23N3O2. The Hall–Kier alpha value is -1.59. The van der Waals surface area contributed by atoms with E-state index >= 15 is 0 Å². The van der Waals surface area contributed by atoms with Crippen LogP contribution in [0.4, 0.5) is 5.69 Å². The van der Waals surface area contributed by atoms with Crippen LogP contribution in [-0.4, -0.2) is 43.1 Å². The molecule has 1 saturated heterocycles. The third kappa shape index (κ3) is 3.71. The zero-order valence-corrected chi connectivity index (χ0v) is 12.1. The minimum atomic E-state index is -0.0292. The van der Waals surface area contributed by atoms with Gasteiger partial charge in [-0.3, -0.25) is 9.69 Å². The first-order valence-electron chi connectivity index (χ1n) is 7.09. The summed E-state index contributed by atoms with van der Waals surface area (Å²) in [6.07, 6.45) is 0. The quantitative estimate of drug-likeness (QED) is 0.851. The highest BCUT2D eigenvalue weighted by Gasteiger charge is 2.27. The van der Waals surface area contributed by atoms with Gasteiger partial charge in [0.15, 0.2) is 0 Å². The van der Waals surface area contributed by atoms with Crippen molar-refractivity contribution in [1.29, 1.82) is 0 Å². The number of nitrogens with one attached hydrogen (secondary N) is 1. The van der Waals surface area contributed by atoms with Crippen molar-refractivity contribution in [3.63, 3.8) is 0 Å². The molecule has 2 atom stereocenters. The molecule has 0 aliphatic carbocycles. The number of hydrogen-bond acceptors (Lipinski definition) is 4. The largest absolute Gasteiger partial charge is 0.492 e. The van der Waals surface area contributed by atoms with E-state index in [2.05, 4.69) is 17.1 Å². The number of nitrogens with zero attached hydrogens (tertiary/aromatic N) is 1. The molecule has 3 N–H and O–H groups in total. The van der Waals surface area contributed by atoms with E-state index in [0.29, 0.717) is 24.8 Å². The summed E-state index contributed by atoms with van der Waals surface area (Å²) >= 11 is 0. The molecule has 5 nitrogen and oxygen atoms in total. The predicted molar refractivity (Wildman–Crippen MR) is 79.8 cm³/mol. The van der Waals surface area contributed by atoms with Crippen LogP contribution in [-0.2, 0) is 4.79 Å². The summed E-state index contributed by atoms with van der Waals surface area (Å²) in [6.45, 7) is 6.64. The molecular weight excluding hydrogens is 254 g/mol. The van der Waals surface area contributed by atoms with Crippen LogP contribution in [0.25, 0.3) is 0 Å². The number of ether oxygens (including phenoxy) is 1. The maximum Gasteiger partial charge on any atom is 0.238 e. The van der Waals surface area contributed by atoms with Crippen molar-refractivity contribution in [2.75, 3.05) is 31.6 Å². The van der Waals surface area contributed by atoms with Crippen LogP contribution in [0.1, 0.15) is 13.8 Å². The first-order chi connectivity index (χ1) is 9.60. The lowest BCUT2D eigenvalue weighted by Crippen LogP contribution is -2.33. The van der Waals surface area contributed by atoms with Gasteiger partial charge in [-0.1, -0.05) is 19.1 Å². The summed E-state index contributed by atoms with van der Waals surface area (Å²) in [4.78, 5) is 14.2. The Morgan fingerprint density at radius 1 is 1.45 bits per heavy atom. The molecule has 0 aromatic heterocycles. The van der Waals surface area contributed by atoms with Crippen LogP contribution in [0.15, 0.2) is 24.3 Å². The number of hydrogen-bond donors (Lipinski definition) is 2. The summed E-state index contributed by atoms with van der Waals surface area (Å²) in [5.74, 6) is 1.12. The van der Waals surface area contributed by atoms with Gasteiger partial charge in [-0.05, 0) is 25.0 Å². The Labute approximate surface area is 120 Å². The van der Waals surface area contributed by atoms with Crippen LogP contribution in [0.2, 0.25) is 0 Å². The number of benzene rings is 1. The predicted octanol–water partition coefficient (Wildman–Crippen LogP) is 1.30. The number of anilines is 1. The Kier molecular flexibility index (Phi) is 4.98. The van der Waals surface area contributed by atoms with Gasteiger partial charge in [-0.25, -0.2) is 0 Å². The monoisotopic (exact) mass is 277 g/mol. The third-order valence-corrected chi connectivity index (χ3v) is 3.57. The van der Waals surface area contributed by atoms with Crippen LogP contribution in [0.5, 0.6) is 5.75 Å². The van der Waals surface area contributed by atoms with E-state index in [-0.39, 0.29) is 11.9 Å². The van der Waals surface area contributed by atoms with Gasteiger partial charge in [0.1, 0.15) is 5.75 Å². The first-order valence-corrected chi connectivity index (χ1v) is 7.09. The van der Waals surface area contributed by atoms with Crippen LogP contribution < -0.4 is 15.8 Å². The van der Waals surface area contributed by atoms with Gasteiger partial charge < -0.3 is 15.8 Å². The van der Waals surface area contributed by atoms with E-state index in [9.17, 15) is 4.79 Å². The fourth-order valence-electron chi connectivity index (χ4n) is 2.47. The van der Waals surface area contributed by atoms with E-state index in [1.54, 1.807) is 0 Å². The number of nitrogens with two attached hydrogens (primary N) is 1. The van der Waals surface area contributed by atoms with E-state index in [1.165, 1.54) is 0 Å². The minimum Gasteiger partial charge on any atom is -0.492 e. The molecule has 20 heavy (non-hydrogen) atoms. The maximum atomic E-state index is 12.1. The lowest BCUT2D eigenvalue weighted by molar-refractivity contribution is -0.117. The Bertz CT molecular complexity index is 454. The summed E-state index contributed by atoms with van der Waals surface area (Å²) < 4.78 is 5.49. The molecule has 110 valence electrons. The molecule has 0 radical (unpaired) electrons. The average Bonchev–Trinajstić information content (AvgIpc) is 2.70. The standard InChI is InChI=1S/C15H23N3O2/c1-3-20-14-7-5-4-6-13(14)17-15(19)10-18-8-11(2)12(16)9-18/h4-7,11-12H,3,8-10,16H2,1-2H3,(H,17,19). The molecule has 2 unspecified atom stereocenters. The van der Waals surface area contributed by atoms with Gasteiger partial charge in [0.2, 0.25) is 5.91 Å². The lowest BCUT2D eigenvalue weighted by Gasteiger charge is -2.16. The highest BCUT2D eigenvalue weighted by atomic mass is 16.5. The Morgan fingerprint density at radius 2 is 2.20 bits per heavy atom. The molecule has 2 rings (SSSR count). The van der Waals surface area contributed by atoms with Gasteiger partial charge >= 0.3 is 0 Å². The van der Waals surface area contributed by atoms with E-state index < -0.39 is 0 Å². The van der Waals surface area contributed by atoms with E-state index in [1.807, 2.05) is 31.2 Å². The van der Waals surface area contributed by atoms with Crippen molar-refractivity contribution in [1.82, 2.24) is 4.90 Å². The van der Waals surface area contributed by atoms with Crippen molar-refractivity contribution >= 4 is 11.6 Å². The van der Waals surface area contributed by atoms with Crippen molar-refractivity contribution in [3.05, 3.63) is 24.3 Å². The second-order valence-electron chi connectivity index (χ2n) is 5.31. The number of para-hydroxylation sites is 2. The summed E-state index contributed by atoms with van der Waals surface area (Å²) in [5.41, 5.74) is 6.69. The number of amides is 1. The fraction of sp³-hybridized carbons (Fsp3) is 0.533. The van der Waals surface area contributed by atoms with Crippen molar-refractivity contribution in [2.24, 2.45) is 11.7 Å². The van der Waals surface area contributed by atoms with Gasteiger partial charge in [0.05, 0.1) is 18.8 Å². The molecule has 1 aliphatic heterocycles. The zero-order valence-electron chi connectivity index (χ0n) is 12.1. The van der Waals surface area contributed by atoms with Gasteiger partial charge in [-0.2, -0.15) is 0 Å². The highest BCUT2D eigenvalue weighted by Crippen LogP contribution is 2.23. The Balaban J connectivity index is 1.92. The molecule has 0 saturated carbocycles. The molecule has 1 aromatic carbocycles. The number of likely N-dealkylation sites (tertiary alicyclic amines) is 1. The number of carbonyl (C=O) groups excluding carboxylic acids is 1. The highest BCUT2D eigenvalue weighted by molar-refractivity contribution is 5.93. The van der Waals surface area contributed by atoms with Crippen LogP contribution >= 0.6 is 0 Å². The van der Waals surface area contributed by atoms with Gasteiger partial charge in [0, 0.05) is 19.1 Å². The van der Waals surface area contributed by atoms with Crippen molar-refractivity contribution in [2.45, 2.75) is 19.9 Å². The topological polar surface area (TPSA) is 67.6 Å². The van der Waals surface area contributed by atoms with Crippen molar-refractivity contribution in [3.8, 4) is 5.75 Å². The fourth-order valence-corrected chi connectivity index (χ4v) is 2.47.